The highest BCUT2D eigenvalue weighted by Crippen LogP contribution is 2.23. The summed E-state index contributed by atoms with van der Waals surface area (Å²) >= 11 is 0. The second-order valence-electron chi connectivity index (χ2n) is 5.14. The minimum atomic E-state index is -0.785. The fourth-order valence-electron chi connectivity index (χ4n) is 2.56. The van der Waals surface area contributed by atoms with E-state index in [4.69, 9.17) is 5.11 Å². The quantitative estimate of drug-likeness (QED) is 0.903. The van der Waals surface area contributed by atoms with Crippen LogP contribution in [0.15, 0.2) is 18.2 Å². The van der Waals surface area contributed by atoms with Crippen LogP contribution >= 0.6 is 0 Å². The average Bonchev–Trinajstić information content (AvgIpc) is 2.63. The van der Waals surface area contributed by atoms with Crippen molar-refractivity contribution in [3.8, 4) is 6.07 Å². The zero-order chi connectivity index (χ0) is 14.5. The van der Waals surface area contributed by atoms with Gasteiger partial charge in [0.15, 0.2) is 0 Å². The zero-order valence-corrected chi connectivity index (χ0v) is 11.7. The van der Waals surface area contributed by atoms with Crippen LogP contribution in [0.3, 0.4) is 0 Å². The van der Waals surface area contributed by atoms with Crippen molar-refractivity contribution in [3.05, 3.63) is 29.3 Å². The van der Waals surface area contributed by atoms with Gasteiger partial charge in [-0.05, 0) is 31.0 Å². The number of rotatable bonds is 3. The van der Waals surface area contributed by atoms with Gasteiger partial charge in [0.2, 0.25) is 0 Å². The normalized spacial score (nSPS) is 16.5. The number of hydrogen-bond donors (Lipinski definition) is 1. The topological polar surface area (TPSA) is 67.6 Å². The lowest BCUT2D eigenvalue weighted by molar-refractivity contribution is -0.138. The number of nitrogens with zero attached hydrogens (tertiary/aromatic N) is 3. The van der Waals surface area contributed by atoms with E-state index in [-0.39, 0.29) is 6.54 Å². The highest BCUT2D eigenvalue weighted by molar-refractivity contribution is 5.69. The van der Waals surface area contributed by atoms with Crippen LogP contribution in [0, 0.1) is 18.3 Å². The third-order valence-electron chi connectivity index (χ3n) is 3.56. The fraction of sp³-hybridized carbons (Fsp3) is 0.467. The summed E-state index contributed by atoms with van der Waals surface area (Å²) in [6.45, 7) is 5.22. The molecule has 20 heavy (non-hydrogen) atoms. The molecular weight excluding hydrogens is 254 g/mol. The summed E-state index contributed by atoms with van der Waals surface area (Å²) in [6.07, 6.45) is 0.909. The number of carboxylic acid groups (broad SMARTS) is 1. The number of anilines is 1. The number of nitriles is 1. The van der Waals surface area contributed by atoms with Gasteiger partial charge in [-0.15, -0.1) is 0 Å². The number of aryl methyl sites for hydroxylation is 1. The smallest absolute Gasteiger partial charge is 0.317 e. The second-order valence-corrected chi connectivity index (χ2v) is 5.14. The highest BCUT2D eigenvalue weighted by atomic mass is 16.4. The molecule has 5 nitrogen and oxygen atoms in total. The van der Waals surface area contributed by atoms with E-state index < -0.39 is 5.97 Å². The number of aliphatic carboxylic acids is 1. The Morgan fingerprint density at radius 3 is 2.85 bits per heavy atom. The summed E-state index contributed by atoms with van der Waals surface area (Å²) in [4.78, 5) is 14.9. The number of carboxylic acids is 1. The van der Waals surface area contributed by atoms with E-state index in [0.29, 0.717) is 12.1 Å². The Labute approximate surface area is 119 Å². The molecule has 1 fully saturated rings. The Morgan fingerprint density at radius 2 is 2.15 bits per heavy atom. The SMILES string of the molecule is Cc1ccc(C#N)c(N2CCCN(CC(=O)O)CC2)c1. The first kappa shape index (κ1) is 14.4. The molecule has 0 unspecified atom stereocenters. The average molecular weight is 273 g/mol. The number of carbonyl (C=O) groups is 1. The monoisotopic (exact) mass is 273 g/mol. The van der Waals surface area contributed by atoms with E-state index in [2.05, 4.69) is 11.0 Å². The van der Waals surface area contributed by atoms with E-state index >= 15 is 0 Å². The molecule has 5 heteroatoms. The Hall–Kier alpha value is -2.06. The molecule has 1 aromatic carbocycles. The van der Waals surface area contributed by atoms with Crippen LogP contribution in [0.4, 0.5) is 5.69 Å². The number of benzene rings is 1. The van der Waals surface area contributed by atoms with Gasteiger partial charge >= 0.3 is 5.97 Å². The molecule has 1 aliphatic heterocycles. The highest BCUT2D eigenvalue weighted by Gasteiger charge is 2.18. The first-order valence-electron chi connectivity index (χ1n) is 6.80. The Bertz CT molecular complexity index is 536. The lowest BCUT2D eigenvalue weighted by Crippen LogP contribution is -2.34. The predicted molar refractivity (Wildman–Crippen MR) is 76.8 cm³/mol. The van der Waals surface area contributed by atoms with Crippen LogP contribution in [0.2, 0.25) is 0 Å². The van der Waals surface area contributed by atoms with Gasteiger partial charge in [0.05, 0.1) is 17.8 Å². The van der Waals surface area contributed by atoms with Crippen molar-refractivity contribution in [2.45, 2.75) is 13.3 Å². The van der Waals surface area contributed by atoms with E-state index in [1.807, 2.05) is 30.0 Å². The summed E-state index contributed by atoms with van der Waals surface area (Å²) in [7, 11) is 0. The van der Waals surface area contributed by atoms with Gasteiger partial charge < -0.3 is 10.0 Å². The van der Waals surface area contributed by atoms with Crippen LogP contribution < -0.4 is 4.90 Å². The largest absolute Gasteiger partial charge is 0.480 e. The lowest BCUT2D eigenvalue weighted by Gasteiger charge is -2.24. The van der Waals surface area contributed by atoms with E-state index in [0.717, 1.165) is 37.3 Å². The van der Waals surface area contributed by atoms with Gasteiger partial charge in [-0.25, -0.2) is 0 Å². The molecular formula is C15H19N3O2. The van der Waals surface area contributed by atoms with Crippen molar-refractivity contribution in [1.29, 1.82) is 5.26 Å². The minimum Gasteiger partial charge on any atom is -0.480 e. The molecule has 1 aliphatic rings. The van der Waals surface area contributed by atoms with Gasteiger partial charge in [0, 0.05) is 26.2 Å². The van der Waals surface area contributed by atoms with Crippen molar-refractivity contribution >= 4 is 11.7 Å². The molecule has 0 aromatic heterocycles. The van der Waals surface area contributed by atoms with Crippen molar-refractivity contribution in [2.24, 2.45) is 0 Å². The molecule has 0 radical (unpaired) electrons. The molecule has 0 atom stereocenters. The molecule has 1 aromatic rings. The first-order valence-corrected chi connectivity index (χ1v) is 6.80. The molecule has 2 rings (SSSR count). The van der Waals surface area contributed by atoms with Gasteiger partial charge in [0.1, 0.15) is 6.07 Å². The lowest BCUT2D eigenvalue weighted by atomic mass is 10.1. The van der Waals surface area contributed by atoms with E-state index in [1.54, 1.807) is 0 Å². The van der Waals surface area contributed by atoms with Gasteiger partial charge in [-0.3, -0.25) is 9.69 Å². The van der Waals surface area contributed by atoms with Gasteiger partial charge in [-0.1, -0.05) is 6.07 Å². The Balaban J connectivity index is 2.13. The maximum absolute atomic E-state index is 10.8. The van der Waals surface area contributed by atoms with Crippen LogP contribution in [-0.4, -0.2) is 48.7 Å². The van der Waals surface area contributed by atoms with Crippen molar-refractivity contribution in [2.75, 3.05) is 37.6 Å². The van der Waals surface area contributed by atoms with Crippen molar-refractivity contribution in [3.63, 3.8) is 0 Å². The molecule has 0 amide bonds. The summed E-state index contributed by atoms with van der Waals surface area (Å²) in [6, 6.07) is 8.06. The molecule has 0 bridgehead atoms. The van der Waals surface area contributed by atoms with Crippen molar-refractivity contribution < 1.29 is 9.90 Å². The second kappa shape index (κ2) is 6.40. The molecule has 1 heterocycles. The minimum absolute atomic E-state index is 0.0900. The molecule has 106 valence electrons. The third-order valence-corrected chi connectivity index (χ3v) is 3.56. The summed E-state index contributed by atoms with van der Waals surface area (Å²) in [5.41, 5.74) is 2.78. The Kier molecular flexibility index (Phi) is 4.59. The standard InChI is InChI=1S/C15H19N3O2/c1-12-3-4-13(10-16)14(9-12)18-6-2-5-17(7-8-18)11-15(19)20/h3-4,9H,2,5-8,11H2,1H3,(H,19,20). The van der Waals surface area contributed by atoms with Crippen LogP contribution in [0.5, 0.6) is 0 Å². The molecule has 1 saturated heterocycles. The van der Waals surface area contributed by atoms with Crippen LogP contribution in [-0.2, 0) is 4.79 Å². The van der Waals surface area contributed by atoms with Gasteiger partial charge in [-0.2, -0.15) is 5.26 Å². The molecule has 1 N–H and O–H groups in total. The maximum atomic E-state index is 10.8. The summed E-state index contributed by atoms with van der Waals surface area (Å²) in [5.74, 6) is -0.785. The third kappa shape index (κ3) is 3.49. The summed E-state index contributed by atoms with van der Waals surface area (Å²) in [5, 5.41) is 18.1. The zero-order valence-electron chi connectivity index (χ0n) is 11.7. The molecule has 0 spiro atoms. The number of hydrogen-bond acceptors (Lipinski definition) is 4. The molecule has 0 aliphatic carbocycles. The van der Waals surface area contributed by atoms with Gasteiger partial charge in [0.25, 0.3) is 0 Å². The maximum Gasteiger partial charge on any atom is 0.317 e. The van der Waals surface area contributed by atoms with Crippen molar-refractivity contribution in [1.82, 2.24) is 4.90 Å². The predicted octanol–water partition coefficient (Wildman–Crippen LogP) is 1.46. The Morgan fingerprint density at radius 1 is 1.35 bits per heavy atom. The summed E-state index contributed by atoms with van der Waals surface area (Å²) < 4.78 is 0. The van der Waals surface area contributed by atoms with E-state index in [9.17, 15) is 10.1 Å². The van der Waals surface area contributed by atoms with Crippen LogP contribution in [0.25, 0.3) is 0 Å². The van der Waals surface area contributed by atoms with Crippen LogP contribution in [0.1, 0.15) is 17.5 Å². The van der Waals surface area contributed by atoms with E-state index in [1.165, 1.54) is 0 Å². The fourth-order valence-corrected chi connectivity index (χ4v) is 2.56. The first-order chi connectivity index (χ1) is 9.60. The molecule has 0 saturated carbocycles.